The van der Waals surface area contributed by atoms with Crippen molar-refractivity contribution in [3.8, 4) is 0 Å². The van der Waals surface area contributed by atoms with Crippen LogP contribution in [0.5, 0.6) is 0 Å². The molecule has 0 bridgehead atoms. The van der Waals surface area contributed by atoms with Crippen molar-refractivity contribution in [2.45, 2.75) is 119 Å². The minimum Gasteiger partial charge on any atom is -0.371 e. The summed E-state index contributed by atoms with van der Waals surface area (Å²) < 4.78 is 33.2. The van der Waals surface area contributed by atoms with Gasteiger partial charge in [0.15, 0.2) is 11.6 Å². The van der Waals surface area contributed by atoms with E-state index in [4.69, 9.17) is 23.7 Å². The number of hydrogen-bond donors (Lipinski definition) is 0. The summed E-state index contributed by atoms with van der Waals surface area (Å²) in [6.45, 7) is 0.592. The van der Waals surface area contributed by atoms with Gasteiger partial charge in [0.05, 0.1) is 18.8 Å². The molecule has 3 saturated carbocycles. The number of benzene rings is 1. The summed E-state index contributed by atoms with van der Waals surface area (Å²) >= 11 is 0. The standard InChI is InChI=1S/C25H34O5/c1-4-10-18(11-5-1)17-26-19-16-20-22(29-24(27-20)12-6-2-7-13-24)23-21(19)28-25(30-23)14-8-3-9-15-25/h1,4-5,10-11,19-23H,2-3,6-9,12-17H2/t19-,20+,21+,22-,23+/m0/s1. The van der Waals surface area contributed by atoms with Gasteiger partial charge >= 0.3 is 0 Å². The molecule has 2 aliphatic heterocycles. The highest BCUT2D eigenvalue weighted by Crippen LogP contribution is 2.51. The first-order valence-electron chi connectivity index (χ1n) is 12.1. The Bertz CT molecular complexity index is 724. The molecule has 164 valence electrons. The van der Waals surface area contributed by atoms with Gasteiger partial charge in [-0.15, -0.1) is 0 Å². The molecule has 2 spiro atoms. The van der Waals surface area contributed by atoms with Crippen LogP contribution < -0.4 is 0 Å². The van der Waals surface area contributed by atoms with E-state index in [0.717, 1.165) is 32.1 Å². The van der Waals surface area contributed by atoms with Crippen molar-refractivity contribution < 1.29 is 23.7 Å². The van der Waals surface area contributed by atoms with Crippen LogP contribution in [0, 0.1) is 0 Å². The number of fused-ring (bicyclic) bond motifs is 3. The molecule has 0 unspecified atom stereocenters. The summed E-state index contributed by atoms with van der Waals surface area (Å²) in [5, 5.41) is 0. The number of rotatable bonds is 3. The predicted molar refractivity (Wildman–Crippen MR) is 111 cm³/mol. The molecule has 1 aromatic carbocycles. The van der Waals surface area contributed by atoms with E-state index in [-0.39, 0.29) is 30.5 Å². The van der Waals surface area contributed by atoms with Crippen LogP contribution in [0.25, 0.3) is 0 Å². The highest BCUT2D eigenvalue weighted by atomic mass is 16.8. The van der Waals surface area contributed by atoms with Gasteiger partial charge in [-0.1, -0.05) is 43.2 Å². The summed E-state index contributed by atoms with van der Waals surface area (Å²) in [4.78, 5) is 0. The summed E-state index contributed by atoms with van der Waals surface area (Å²) in [7, 11) is 0. The van der Waals surface area contributed by atoms with Crippen LogP contribution >= 0.6 is 0 Å². The fourth-order valence-corrected chi connectivity index (χ4v) is 6.31. The largest absolute Gasteiger partial charge is 0.371 e. The molecule has 0 N–H and O–H groups in total. The molecule has 6 rings (SSSR count). The van der Waals surface area contributed by atoms with Gasteiger partial charge in [-0.05, 0) is 31.2 Å². The van der Waals surface area contributed by atoms with E-state index in [0.29, 0.717) is 6.61 Å². The molecule has 1 aromatic rings. The molecule has 0 aromatic heterocycles. The fraction of sp³-hybridized carbons (Fsp3) is 0.760. The molecule has 0 amide bonds. The van der Waals surface area contributed by atoms with Crippen molar-refractivity contribution in [3.05, 3.63) is 35.9 Å². The van der Waals surface area contributed by atoms with Crippen LogP contribution in [0.15, 0.2) is 30.3 Å². The van der Waals surface area contributed by atoms with Gasteiger partial charge in [-0.25, -0.2) is 0 Å². The SMILES string of the molecule is c1ccc(CO[C@H]2C[C@H]3OC4(CCCCC4)O[C@@H]3[C@@H]3OC4(CCCCC4)O[C@@H]32)cc1. The number of ether oxygens (including phenoxy) is 5. The van der Waals surface area contributed by atoms with Crippen LogP contribution in [-0.2, 0) is 30.3 Å². The smallest absolute Gasteiger partial charge is 0.169 e. The summed E-state index contributed by atoms with van der Waals surface area (Å²) in [5.74, 6) is -0.847. The first-order chi connectivity index (χ1) is 14.7. The second-order valence-corrected chi connectivity index (χ2v) is 9.92. The third-order valence-corrected chi connectivity index (χ3v) is 7.80. The Labute approximate surface area is 179 Å². The monoisotopic (exact) mass is 414 g/mol. The van der Waals surface area contributed by atoms with Crippen molar-refractivity contribution in [2.24, 2.45) is 0 Å². The number of hydrogen-bond acceptors (Lipinski definition) is 5. The molecule has 30 heavy (non-hydrogen) atoms. The lowest BCUT2D eigenvalue weighted by Crippen LogP contribution is -2.54. The Morgan fingerprint density at radius 2 is 1.30 bits per heavy atom. The lowest BCUT2D eigenvalue weighted by atomic mass is 9.87. The first kappa shape index (κ1) is 19.7. The Balaban J connectivity index is 1.24. The van der Waals surface area contributed by atoms with E-state index < -0.39 is 11.6 Å². The van der Waals surface area contributed by atoms with Crippen molar-refractivity contribution in [1.82, 2.24) is 0 Å². The van der Waals surface area contributed by atoms with Crippen molar-refractivity contribution in [3.63, 3.8) is 0 Å². The Morgan fingerprint density at radius 1 is 0.700 bits per heavy atom. The highest BCUT2D eigenvalue weighted by Gasteiger charge is 2.63. The molecule has 5 nitrogen and oxygen atoms in total. The molecule has 5 aliphatic rings. The Kier molecular flexibility index (Phi) is 5.16. The second-order valence-electron chi connectivity index (χ2n) is 9.92. The molecule has 3 aliphatic carbocycles. The van der Waals surface area contributed by atoms with E-state index >= 15 is 0 Å². The summed E-state index contributed by atoms with van der Waals surface area (Å²) in [5.41, 5.74) is 1.19. The normalized spacial score (nSPS) is 39.1. The average molecular weight is 415 g/mol. The maximum Gasteiger partial charge on any atom is 0.169 e. The minimum absolute atomic E-state index is 0.0277. The average Bonchev–Trinajstić information content (AvgIpc) is 3.32. The van der Waals surface area contributed by atoms with Gasteiger partial charge in [0.25, 0.3) is 0 Å². The van der Waals surface area contributed by atoms with Crippen LogP contribution in [0.2, 0.25) is 0 Å². The Hall–Kier alpha value is -0.980. The zero-order valence-corrected chi connectivity index (χ0v) is 17.8. The van der Waals surface area contributed by atoms with Crippen LogP contribution in [-0.4, -0.2) is 42.1 Å². The van der Waals surface area contributed by atoms with E-state index in [1.54, 1.807) is 0 Å². The van der Waals surface area contributed by atoms with Crippen molar-refractivity contribution >= 4 is 0 Å². The molecule has 5 fully saturated rings. The summed E-state index contributed by atoms with van der Waals surface area (Å²) in [6.07, 6.45) is 11.8. The van der Waals surface area contributed by atoms with E-state index in [2.05, 4.69) is 24.3 Å². The van der Waals surface area contributed by atoms with Crippen molar-refractivity contribution in [2.75, 3.05) is 0 Å². The molecular weight excluding hydrogens is 380 g/mol. The summed E-state index contributed by atoms with van der Waals surface area (Å²) in [6, 6.07) is 10.4. The highest BCUT2D eigenvalue weighted by molar-refractivity contribution is 5.14. The first-order valence-corrected chi connectivity index (χ1v) is 12.1. The van der Waals surface area contributed by atoms with E-state index in [1.807, 2.05) is 6.07 Å². The molecule has 0 radical (unpaired) electrons. The maximum absolute atomic E-state index is 6.72. The second kappa shape index (κ2) is 7.86. The van der Waals surface area contributed by atoms with Gasteiger partial charge in [-0.3, -0.25) is 0 Å². The zero-order valence-electron chi connectivity index (χ0n) is 17.8. The molecular formula is C25H34O5. The van der Waals surface area contributed by atoms with Gasteiger partial charge in [-0.2, -0.15) is 0 Å². The van der Waals surface area contributed by atoms with E-state index in [1.165, 1.54) is 44.1 Å². The molecule has 2 saturated heterocycles. The quantitative estimate of drug-likeness (QED) is 0.707. The minimum atomic E-state index is -0.442. The molecule has 5 heteroatoms. The molecule has 2 heterocycles. The third-order valence-electron chi connectivity index (χ3n) is 7.80. The Morgan fingerprint density at radius 3 is 2.00 bits per heavy atom. The fourth-order valence-electron chi connectivity index (χ4n) is 6.31. The zero-order chi connectivity index (χ0) is 20.0. The van der Waals surface area contributed by atoms with Gasteiger partial charge in [0.1, 0.15) is 18.3 Å². The van der Waals surface area contributed by atoms with Gasteiger partial charge in [0.2, 0.25) is 0 Å². The predicted octanol–water partition coefficient (Wildman–Crippen LogP) is 4.86. The van der Waals surface area contributed by atoms with Crippen LogP contribution in [0.1, 0.15) is 76.2 Å². The van der Waals surface area contributed by atoms with Crippen LogP contribution in [0.4, 0.5) is 0 Å². The lowest BCUT2D eigenvalue weighted by molar-refractivity contribution is -0.221. The molecule has 5 atom stereocenters. The van der Waals surface area contributed by atoms with Crippen LogP contribution in [0.3, 0.4) is 0 Å². The topological polar surface area (TPSA) is 46.2 Å². The lowest BCUT2D eigenvalue weighted by Gasteiger charge is -2.37. The third kappa shape index (κ3) is 3.53. The van der Waals surface area contributed by atoms with E-state index in [9.17, 15) is 0 Å². The van der Waals surface area contributed by atoms with Gasteiger partial charge < -0.3 is 23.7 Å². The maximum atomic E-state index is 6.72. The van der Waals surface area contributed by atoms with Crippen molar-refractivity contribution in [1.29, 1.82) is 0 Å². The van der Waals surface area contributed by atoms with Gasteiger partial charge in [0, 0.05) is 32.1 Å².